The third kappa shape index (κ3) is 4.32. The summed E-state index contributed by atoms with van der Waals surface area (Å²) < 4.78 is 11.8. The maximum absolute atomic E-state index is 12.3. The molecule has 0 bridgehead atoms. The first kappa shape index (κ1) is 20.8. The van der Waals surface area contributed by atoms with Gasteiger partial charge in [0.25, 0.3) is 0 Å². The number of benzene rings is 2. The van der Waals surface area contributed by atoms with Crippen LogP contribution in [0.5, 0.6) is 5.75 Å². The number of fused-ring (bicyclic) bond motifs is 1. The molecule has 0 aliphatic carbocycles. The smallest absolute Gasteiger partial charge is 0.250 e. The van der Waals surface area contributed by atoms with E-state index in [4.69, 9.17) is 44.0 Å². The monoisotopic (exact) mass is 478 g/mol. The van der Waals surface area contributed by atoms with E-state index in [1.807, 2.05) is 6.07 Å². The highest BCUT2D eigenvalue weighted by molar-refractivity contribution is 7.22. The molecule has 0 spiro atoms. The van der Waals surface area contributed by atoms with Crippen molar-refractivity contribution < 1.29 is 13.9 Å². The van der Waals surface area contributed by atoms with E-state index in [1.165, 1.54) is 17.4 Å². The molecule has 5 nitrogen and oxygen atoms in total. The quantitative estimate of drug-likeness (QED) is 0.308. The number of carbonyl (C=O) groups excluding carboxylic acids is 1. The van der Waals surface area contributed by atoms with Crippen molar-refractivity contribution in [2.75, 3.05) is 12.4 Å². The standard InChI is InChI=1S/C21H13Cl3N2O3S/c1-28-17-10-18-15(9-14(17)23)25-21(30-18)26-19(27)8-6-11-5-7-16(29-11)12-3-2-4-13(22)20(12)24/h2-10H,1H3,(H,25,26,27). The fourth-order valence-electron chi connectivity index (χ4n) is 2.73. The second kappa shape index (κ2) is 8.70. The van der Waals surface area contributed by atoms with Crippen LogP contribution in [0.3, 0.4) is 0 Å². The third-order valence-corrected chi connectivity index (χ3v) is 6.18. The zero-order valence-corrected chi connectivity index (χ0v) is 18.5. The number of methoxy groups -OCH3 is 1. The molecule has 9 heteroatoms. The highest BCUT2D eigenvalue weighted by Crippen LogP contribution is 2.35. The Labute approximate surface area is 190 Å². The summed E-state index contributed by atoms with van der Waals surface area (Å²) in [5.41, 5.74) is 1.36. The molecule has 0 saturated heterocycles. The van der Waals surface area contributed by atoms with E-state index in [2.05, 4.69) is 10.3 Å². The van der Waals surface area contributed by atoms with E-state index >= 15 is 0 Å². The Bertz CT molecular complexity index is 1280. The number of thiazole rings is 1. The Hall–Kier alpha value is -2.51. The lowest BCUT2D eigenvalue weighted by molar-refractivity contribution is -0.111. The maximum atomic E-state index is 12.3. The highest BCUT2D eigenvalue weighted by atomic mass is 35.5. The van der Waals surface area contributed by atoms with Crippen LogP contribution in [0.4, 0.5) is 5.13 Å². The van der Waals surface area contributed by atoms with Gasteiger partial charge in [0.1, 0.15) is 17.3 Å². The van der Waals surface area contributed by atoms with Crippen LogP contribution < -0.4 is 10.1 Å². The average Bonchev–Trinajstić information content (AvgIpc) is 3.34. The minimum absolute atomic E-state index is 0.342. The molecule has 0 radical (unpaired) electrons. The van der Waals surface area contributed by atoms with Crippen molar-refractivity contribution in [2.24, 2.45) is 0 Å². The van der Waals surface area contributed by atoms with E-state index in [-0.39, 0.29) is 5.91 Å². The number of halogens is 3. The SMILES string of the molecule is COc1cc2sc(NC(=O)C=Cc3ccc(-c4cccc(Cl)c4Cl)o3)nc2cc1Cl. The summed E-state index contributed by atoms with van der Waals surface area (Å²) in [5.74, 6) is 1.27. The Morgan fingerprint density at radius 3 is 2.80 bits per heavy atom. The average molecular weight is 480 g/mol. The van der Waals surface area contributed by atoms with Gasteiger partial charge in [-0.1, -0.05) is 52.2 Å². The number of ether oxygens (including phenoxy) is 1. The Balaban J connectivity index is 1.47. The molecule has 0 atom stereocenters. The number of furan rings is 1. The van der Waals surface area contributed by atoms with E-state index < -0.39 is 0 Å². The molecule has 152 valence electrons. The molecule has 0 saturated carbocycles. The number of amides is 1. The molecule has 2 heterocycles. The number of aromatic nitrogens is 1. The molecule has 4 aromatic rings. The molecule has 1 N–H and O–H groups in total. The van der Waals surface area contributed by atoms with Crippen molar-refractivity contribution in [1.82, 2.24) is 4.98 Å². The maximum Gasteiger partial charge on any atom is 0.250 e. The number of carbonyl (C=O) groups is 1. The van der Waals surface area contributed by atoms with Crippen LogP contribution in [-0.2, 0) is 4.79 Å². The Morgan fingerprint density at radius 1 is 1.17 bits per heavy atom. The predicted octanol–water partition coefficient (Wildman–Crippen LogP) is 7.18. The van der Waals surface area contributed by atoms with Crippen LogP contribution in [0.15, 0.2) is 53.0 Å². The fraction of sp³-hybridized carbons (Fsp3) is 0.0476. The normalized spacial score (nSPS) is 11.3. The summed E-state index contributed by atoms with van der Waals surface area (Å²) >= 11 is 19.7. The van der Waals surface area contributed by atoms with Crippen molar-refractivity contribution in [1.29, 1.82) is 0 Å². The van der Waals surface area contributed by atoms with Gasteiger partial charge < -0.3 is 9.15 Å². The predicted molar refractivity (Wildman–Crippen MR) is 123 cm³/mol. The molecule has 0 aliphatic rings. The first-order valence-corrected chi connectivity index (χ1v) is 10.6. The second-order valence-corrected chi connectivity index (χ2v) is 8.32. The van der Waals surface area contributed by atoms with Crippen LogP contribution in [0.2, 0.25) is 15.1 Å². The van der Waals surface area contributed by atoms with Crippen molar-refractivity contribution in [3.63, 3.8) is 0 Å². The minimum Gasteiger partial charge on any atom is -0.495 e. The van der Waals surface area contributed by atoms with E-state index in [1.54, 1.807) is 49.6 Å². The molecule has 2 aromatic carbocycles. The van der Waals surface area contributed by atoms with E-state index in [0.717, 1.165) is 4.70 Å². The summed E-state index contributed by atoms with van der Waals surface area (Å²) in [4.78, 5) is 16.6. The molecule has 2 aromatic heterocycles. The minimum atomic E-state index is -0.342. The topological polar surface area (TPSA) is 64.4 Å². The summed E-state index contributed by atoms with van der Waals surface area (Å²) in [5, 5.41) is 4.50. The van der Waals surface area contributed by atoms with E-state index in [0.29, 0.717) is 48.5 Å². The molecule has 0 unspecified atom stereocenters. The number of nitrogens with one attached hydrogen (secondary N) is 1. The lowest BCUT2D eigenvalue weighted by atomic mass is 10.2. The van der Waals surface area contributed by atoms with Gasteiger partial charge in [0.05, 0.1) is 32.4 Å². The van der Waals surface area contributed by atoms with Crippen LogP contribution in [-0.4, -0.2) is 18.0 Å². The van der Waals surface area contributed by atoms with Crippen molar-refractivity contribution >= 4 is 73.5 Å². The number of nitrogens with zero attached hydrogens (tertiary/aromatic N) is 1. The Morgan fingerprint density at radius 2 is 2.00 bits per heavy atom. The number of anilines is 1. The first-order valence-electron chi connectivity index (χ1n) is 8.62. The number of hydrogen-bond donors (Lipinski definition) is 1. The highest BCUT2D eigenvalue weighted by Gasteiger charge is 2.12. The van der Waals surface area contributed by atoms with Crippen molar-refractivity contribution in [2.45, 2.75) is 0 Å². The summed E-state index contributed by atoms with van der Waals surface area (Å²) in [6.07, 6.45) is 2.92. The van der Waals surface area contributed by atoms with Crippen molar-refractivity contribution in [3.05, 3.63) is 69.4 Å². The number of rotatable bonds is 5. The summed E-state index contributed by atoms with van der Waals surface area (Å²) in [7, 11) is 1.54. The van der Waals surface area contributed by atoms with Crippen LogP contribution in [0.25, 0.3) is 27.6 Å². The van der Waals surface area contributed by atoms with Gasteiger partial charge in [-0.2, -0.15) is 0 Å². The lowest BCUT2D eigenvalue weighted by Crippen LogP contribution is -2.07. The van der Waals surface area contributed by atoms with Gasteiger partial charge >= 0.3 is 0 Å². The second-order valence-electron chi connectivity index (χ2n) is 6.10. The first-order chi connectivity index (χ1) is 14.4. The molecular weight excluding hydrogens is 467 g/mol. The number of hydrogen-bond acceptors (Lipinski definition) is 5. The van der Waals surface area contributed by atoms with Gasteiger partial charge in [0.2, 0.25) is 5.91 Å². The Kier molecular flexibility index (Phi) is 6.01. The van der Waals surface area contributed by atoms with Gasteiger partial charge in [-0.05, 0) is 36.4 Å². The largest absolute Gasteiger partial charge is 0.495 e. The van der Waals surface area contributed by atoms with Crippen LogP contribution in [0.1, 0.15) is 5.76 Å². The van der Waals surface area contributed by atoms with Gasteiger partial charge in [-0.15, -0.1) is 0 Å². The molecule has 30 heavy (non-hydrogen) atoms. The van der Waals surface area contributed by atoms with Crippen LogP contribution in [0, 0.1) is 0 Å². The fourth-order valence-corrected chi connectivity index (χ4v) is 4.23. The molecule has 0 fully saturated rings. The van der Waals surface area contributed by atoms with Gasteiger partial charge in [0.15, 0.2) is 5.13 Å². The lowest BCUT2D eigenvalue weighted by Gasteiger charge is -2.01. The molecule has 0 aliphatic heterocycles. The molecular formula is C21H13Cl3N2O3S. The molecule has 4 rings (SSSR count). The van der Waals surface area contributed by atoms with E-state index in [9.17, 15) is 4.79 Å². The van der Waals surface area contributed by atoms with Gasteiger partial charge in [0, 0.05) is 17.7 Å². The zero-order chi connectivity index (χ0) is 21.3. The zero-order valence-electron chi connectivity index (χ0n) is 15.4. The van der Waals surface area contributed by atoms with Gasteiger partial charge in [-0.3, -0.25) is 10.1 Å². The summed E-state index contributed by atoms with van der Waals surface area (Å²) in [6, 6.07) is 12.3. The summed E-state index contributed by atoms with van der Waals surface area (Å²) in [6.45, 7) is 0. The van der Waals surface area contributed by atoms with Gasteiger partial charge in [-0.25, -0.2) is 4.98 Å². The van der Waals surface area contributed by atoms with Crippen molar-refractivity contribution in [3.8, 4) is 17.1 Å². The molecule has 1 amide bonds. The third-order valence-electron chi connectivity index (χ3n) is 4.13. The van der Waals surface area contributed by atoms with Crippen LogP contribution >= 0.6 is 46.1 Å².